The molecule has 1 aliphatic heterocycles. The van der Waals surface area contributed by atoms with Crippen LogP contribution in [0, 0.1) is 5.82 Å². The summed E-state index contributed by atoms with van der Waals surface area (Å²) < 4.78 is 24.7. The van der Waals surface area contributed by atoms with Crippen LogP contribution in [0.2, 0.25) is 0 Å². The van der Waals surface area contributed by atoms with Crippen molar-refractivity contribution < 1.29 is 23.1 Å². The average molecular weight is 398 g/mol. The van der Waals surface area contributed by atoms with Gasteiger partial charge in [0.2, 0.25) is 5.91 Å². The number of nitrogens with zero attached hydrogens (tertiary/aromatic N) is 1. The Bertz CT molecular complexity index is 909. The molecule has 1 aliphatic carbocycles. The maximum Gasteiger partial charge on any atom is 0.289 e. The quantitative estimate of drug-likeness (QED) is 0.785. The van der Waals surface area contributed by atoms with Crippen LogP contribution in [-0.2, 0) is 20.9 Å². The molecule has 0 spiro atoms. The lowest BCUT2D eigenvalue weighted by atomic mass is 9.89. The zero-order valence-corrected chi connectivity index (χ0v) is 16.0. The van der Waals surface area contributed by atoms with Gasteiger partial charge in [-0.25, -0.2) is 4.39 Å². The third-order valence-electron chi connectivity index (χ3n) is 5.32. The average Bonchev–Trinajstić information content (AvgIpc) is 3.23. The number of rotatable bonds is 5. The van der Waals surface area contributed by atoms with Crippen molar-refractivity contribution in [2.75, 3.05) is 6.54 Å². The first-order chi connectivity index (χ1) is 14.1. The lowest BCUT2D eigenvalue weighted by Gasteiger charge is -2.44. The number of furan rings is 1. The van der Waals surface area contributed by atoms with Gasteiger partial charge in [0.15, 0.2) is 5.76 Å². The van der Waals surface area contributed by atoms with E-state index in [1.54, 1.807) is 41.5 Å². The number of amides is 2. The summed E-state index contributed by atoms with van der Waals surface area (Å²) in [6, 6.07) is 9.38. The molecule has 2 atom stereocenters. The van der Waals surface area contributed by atoms with Crippen LogP contribution in [0.3, 0.4) is 0 Å². The van der Waals surface area contributed by atoms with Gasteiger partial charge in [0.25, 0.3) is 5.91 Å². The third kappa shape index (κ3) is 4.50. The molecule has 2 aliphatic rings. The smallest absolute Gasteiger partial charge is 0.289 e. The van der Waals surface area contributed by atoms with Gasteiger partial charge < -0.3 is 19.4 Å². The number of ether oxygens (including phenoxy) is 1. The van der Waals surface area contributed by atoms with E-state index < -0.39 is 0 Å². The maximum absolute atomic E-state index is 13.5. The molecule has 29 heavy (non-hydrogen) atoms. The Kier molecular flexibility index (Phi) is 5.64. The predicted molar refractivity (Wildman–Crippen MR) is 104 cm³/mol. The van der Waals surface area contributed by atoms with Crippen molar-refractivity contribution in [3.8, 4) is 0 Å². The molecule has 1 saturated heterocycles. The number of nitrogens with one attached hydrogen (secondary N) is 1. The normalized spacial score (nSPS) is 22.9. The Balaban J connectivity index is 1.51. The number of carbonyl (C=O) groups is 2. The Hall–Kier alpha value is -3.09. The lowest BCUT2D eigenvalue weighted by molar-refractivity contribution is -0.151. The zero-order chi connectivity index (χ0) is 20.2. The van der Waals surface area contributed by atoms with E-state index in [-0.39, 0.29) is 48.6 Å². The molecule has 1 saturated carbocycles. The summed E-state index contributed by atoms with van der Waals surface area (Å²) in [6.07, 6.45) is 6.57. The molecule has 2 fully saturated rings. The minimum absolute atomic E-state index is 0.0510. The van der Waals surface area contributed by atoms with E-state index in [9.17, 15) is 14.0 Å². The highest BCUT2D eigenvalue weighted by Gasteiger charge is 2.42. The number of carbonyl (C=O) groups excluding carboxylic acids is 2. The molecule has 4 rings (SSSR count). The van der Waals surface area contributed by atoms with Crippen LogP contribution in [0.15, 0.2) is 52.8 Å². The zero-order valence-electron chi connectivity index (χ0n) is 16.0. The van der Waals surface area contributed by atoms with Gasteiger partial charge in [0, 0.05) is 0 Å². The maximum atomic E-state index is 13.5. The monoisotopic (exact) mass is 398 g/mol. The molecule has 152 valence electrons. The van der Waals surface area contributed by atoms with Crippen molar-refractivity contribution >= 4 is 17.9 Å². The first-order valence-electron chi connectivity index (χ1n) is 9.84. The Morgan fingerprint density at radius 2 is 2.10 bits per heavy atom. The molecule has 2 heterocycles. The number of hydrogen-bond acceptors (Lipinski definition) is 4. The number of benzene rings is 1. The molecule has 2 amide bonds. The van der Waals surface area contributed by atoms with Gasteiger partial charge in [0.1, 0.15) is 24.2 Å². The fraction of sp³-hybridized carbons (Fsp3) is 0.364. The second kappa shape index (κ2) is 8.51. The van der Waals surface area contributed by atoms with Gasteiger partial charge in [-0.1, -0.05) is 18.6 Å². The second-order valence-corrected chi connectivity index (χ2v) is 7.36. The molecule has 6 nitrogen and oxygen atoms in total. The van der Waals surface area contributed by atoms with E-state index in [0.717, 1.165) is 25.7 Å². The molecular weight excluding hydrogens is 375 g/mol. The van der Waals surface area contributed by atoms with Crippen LogP contribution >= 0.6 is 0 Å². The molecule has 2 aromatic rings. The number of morpholine rings is 1. The summed E-state index contributed by atoms with van der Waals surface area (Å²) in [5.74, 6) is -0.185. The summed E-state index contributed by atoms with van der Waals surface area (Å²) in [4.78, 5) is 27.2. The van der Waals surface area contributed by atoms with Crippen molar-refractivity contribution in [2.24, 2.45) is 0 Å². The van der Waals surface area contributed by atoms with Crippen LogP contribution in [0.25, 0.3) is 6.08 Å². The highest BCUT2D eigenvalue weighted by atomic mass is 19.1. The molecular formula is C22H23FN2O4. The Morgan fingerprint density at radius 3 is 2.90 bits per heavy atom. The van der Waals surface area contributed by atoms with E-state index in [4.69, 9.17) is 9.15 Å². The number of hydrogen-bond donors (Lipinski definition) is 1. The van der Waals surface area contributed by atoms with Crippen molar-refractivity contribution in [1.82, 2.24) is 10.2 Å². The van der Waals surface area contributed by atoms with Crippen LogP contribution in [-0.4, -0.2) is 35.4 Å². The SMILES string of the molecule is O=C(CN1C(=O)/C(=C\c2cccc(F)c2)OC2CCCCC21)NCc1ccco1. The number of halogens is 1. The van der Waals surface area contributed by atoms with Crippen molar-refractivity contribution in [3.63, 3.8) is 0 Å². The molecule has 1 N–H and O–H groups in total. The second-order valence-electron chi connectivity index (χ2n) is 7.36. The summed E-state index contributed by atoms with van der Waals surface area (Å²) in [7, 11) is 0. The van der Waals surface area contributed by atoms with Gasteiger partial charge in [-0.15, -0.1) is 0 Å². The van der Waals surface area contributed by atoms with Crippen LogP contribution < -0.4 is 5.32 Å². The van der Waals surface area contributed by atoms with Gasteiger partial charge in [0.05, 0.1) is 18.8 Å². The van der Waals surface area contributed by atoms with E-state index in [1.807, 2.05) is 0 Å². The fourth-order valence-corrected chi connectivity index (χ4v) is 3.92. The van der Waals surface area contributed by atoms with Gasteiger partial charge >= 0.3 is 0 Å². The van der Waals surface area contributed by atoms with Crippen molar-refractivity contribution in [3.05, 3.63) is 65.6 Å². The predicted octanol–water partition coefficient (Wildman–Crippen LogP) is 3.25. The minimum atomic E-state index is -0.382. The van der Waals surface area contributed by atoms with Crippen LogP contribution in [0.1, 0.15) is 37.0 Å². The standard InChI is InChI=1S/C22H23FN2O4/c23-16-6-3-5-15(11-16)12-20-22(27)25(18-8-1-2-9-19(18)29-20)14-21(26)24-13-17-7-4-10-28-17/h3-7,10-12,18-19H,1-2,8-9,13-14H2,(H,24,26)/b20-12+. The van der Waals surface area contributed by atoms with Gasteiger partial charge in [-0.2, -0.15) is 0 Å². The molecule has 2 unspecified atom stereocenters. The van der Waals surface area contributed by atoms with Crippen molar-refractivity contribution in [2.45, 2.75) is 44.4 Å². The van der Waals surface area contributed by atoms with Crippen molar-refractivity contribution in [1.29, 1.82) is 0 Å². The fourth-order valence-electron chi connectivity index (χ4n) is 3.92. The minimum Gasteiger partial charge on any atom is -0.482 e. The first kappa shape index (κ1) is 19.2. The Morgan fingerprint density at radius 1 is 1.24 bits per heavy atom. The van der Waals surface area contributed by atoms with E-state index in [2.05, 4.69) is 5.32 Å². The Labute approximate surface area is 168 Å². The first-order valence-corrected chi connectivity index (χ1v) is 9.84. The van der Waals surface area contributed by atoms with Crippen LogP contribution in [0.5, 0.6) is 0 Å². The highest BCUT2D eigenvalue weighted by Crippen LogP contribution is 2.33. The van der Waals surface area contributed by atoms with E-state index in [1.165, 1.54) is 12.1 Å². The number of fused-ring (bicyclic) bond motifs is 1. The lowest BCUT2D eigenvalue weighted by Crippen LogP contribution is -2.57. The molecule has 1 aromatic carbocycles. The van der Waals surface area contributed by atoms with E-state index in [0.29, 0.717) is 11.3 Å². The summed E-state index contributed by atoms with van der Waals surface area (Å²) in [6.45, 7) is 0.217. The molecule has 7 heteroatoms. The summed E-state index contributed by atoms with van der Waals surface area (Å²) in [5, 5.41) is 2.78. The van der Waals surface area contributed by atoms with Gasteiger partial charge in [-0.3, -0.25) is 9.59 Å². The third-order valence-corrected chi connectivity index (χ3v) is 5.32. The molecule has 0 bridgehead atoms. The molecule has 0 radical (unpaired) electrons. The topological polar surface area (TPSA) is 71.8 Å². The summed E-state index contributed by atoms with van der Waals surface area (Å²) in [5.41, 5.74) is 0.546. The van der Waals surface area contributed by atoms with Crippen LogP contribution in [0.4, 0.5) is 4.39 Å². The molecule has 1 aromatic heterocycles. The van der Waals surface area contributed by atoms with Gasteiger partial charge in [-0.05, 0) is 55.2 Å². The largest absolute Gasteiger partial charge is 0.482 e. The van der Waals surface area contributed by atoms with E-state index >= 15 is 0 Å². The summed E-state index contributed by atoms with van der Waals surface area (Å²) >= 11 is 0. The highest BCUT2D eigenvalue weighted by molar-refractivity contribution is 5.98.